The Balaban J connectivity index is 1.71. The van der Waals surface area contributed by atoms with Crippen LogP contribution in [0.5, 0.6) is 5.75 Å². The molecule has 1 saturated heterocycles. The van der Waals surface area contributed by atoms with Crippen LogP contribution in [0.15, 0.2) is 48.8 Å². The molecule has 2 heterocycles. The molecule has 8 nitrogen and oxygen atoms in total. The van der Waals surface area contributed by atoms with Crippen molar-refractivity contribution in [1.29, 1.82) is 0 Å². The lowest BCUT2D eigenvalue weighted by molar-refractivity contribution is -0.137. The van der Waals surface area contributed by atoms with Crippen LogP contribution >= 0.6 is 0 Å². The van der Waals surface area contributed by atoms with Crippen LogP contribution in [0.3, 0.4) is 0 Å². The molecular weight excluding hydrogens is 473 g/mol. The molecular formula is C25H27F3N6O2. The number of alkyl halides is 3. The number of likely N-dealkylation sites (tertiary alicyclic amines) is 1. The van der Waals surface area contributed by atoms with Crippen molar-refractivity contribution in [3.63, 3.8) is 0 Å². The van der Waals surface area contributed by atoms with Crippen LogP contribution in [0.2, 0.25) is 0 Å². The highest BCUT2D eigenvalue weighted by Gasteiger charge is 2.33. The molecule has 36 heavy (non-hydrogen) atoms. The van der Waals surface area contributed by atoms with E-state index in [0.29, 0.717) is 16.8 Å². The molecule has 1 aliphatic heterocycles. The van der Waals surface area contributed by atoms with Gasteiger partial charge in [-0.25, -0.2) is 9.97 Å². The number of carbonyl (C=O) groups is 1. The molecule has 3 N–H and O–H groups in total. The summed E-state index contributed by atoms with van der Waals surface area (Å²) in [7, 11) is 5.23. The summed E-state index contributed by atoms with van der Waals surface area (Å²) >= 11 is 0. The van der Waals surface area contributed by atoms with Gasteiger partial charge in [-0.05, 0) is 55.9 Å². The average Bonchev–Trinajstić information content (AvgIpc) is 3.29. The SMILES string of the molecule is COc1ccc(-c2cnc(N)nc2)cc1C(=O)Nc1cc(C(F)(F)F)ccc1N(C)[C@@H]1CCN(C)C1. The molecule has 0 spiro atoms. The lowest BCUT2D eigenvalue weighted by Gasteiger charge is -2.29. The lowest BCUT2D eigenvalue weighted by Crippen LogP contribution is -2.34. The third kappa shape index (κ3) is 5.35. The fourth-order valence-electron chi connectivity index (χ4n) is 4.29. The average molecular weight is 501 g/mol. The Morgan fingerprint density at radius 3 is 2.50 bits per heavy atom. The molecule has 190 valence electrons. The smallest absolute Gasteiger partial charge is 0.416 e. The van der Waals surface area contributed by atoms with E-state index in [1.807, 2.05) is 19.0 Å². The van der Waals surface area contributed by atoms with E-state index < -0.39 is 17.6 Å². The Labute approximate surface area is 206 Å². The number of hydrogen-bond acceptors (Lipinski definition) is 7. The first kappa shape index (κ1) is 25.2. The van der Waals surface area contributed by atoms with E-state index in [-0.39, 0.29) is 29.0 Å². The summed E-state index contributed by atoms with van der Waals surface area (Å²) in [5.74, 6) is -0.227. The Bertz CT molecular complexity index is 1250. The molecule has 1 amide bonds. The van der Waals surface area contributed by atoms with Gasteiger partial charge < -0.3 is 25.6 Å². The topological polar surface area (TPSA) is 96.6 Å². The maximum Gasteiger partial charge on any atom is 0.416 e. The Kier molecular flexibility index (Phi) is 7.02. The van der Waals surface area contributed by atoms with Crippen LogP contribution in [0.4, 0.5) is 30.5 Å². The number of anilines is 3. The van der Waals surface area contributed by atoms with Gasteiger partial charge in [0.25, 0.3) is 5.91 Å². The Hall–Kier alpha value is -3.86. The first-order valence-electron chi connectivity index (χ1n) is 11.3. The molecule has 0 unspecified atom stereocenters. The fraction of sp³-hybridized carbons (Fsp3) is 0.320. The van der Waals surface area contributed by atoms with Gasteiger partial charge in [0.05, 0.1) is 29.6 Å². The number of ether oxygens (including phenoxy) is 1. The molecule has 1 aliphatic rings. The van der Waals surface area contributed by atoms with E-state index in [9.17, 15) is 18.0 Å². The number of likely N-dealkylation sites (N-methyl/N-ethyl adjacent to an activating group) is 2. The summed E-state index contributed by atoms with van der Waals surface area (Å²) in [6.07, 6.45) is -0.660. The number of halogens is 3. The number of carbonyl (C=O) groups excluding carboxylic acids is 1. The minimum Gasteiger partial charge on any atom is -0.496 e. The van der Waals surface area contributed by atoms with Gasteiger partial charge in [0.15, 0.2) is 0 Å². The van der Waals surface area contributed by atoms with Crippen LogP contribution in [0, 0.1) is 0 Å². The molecule has 0 aliphatic carbocycles. The zero-order valence-electron chi connectivity index (χ0n) is 20.1. The quantitative estimate of drug-likeness (QED) is 0.525. The number of nitrogens with zero attached hydrogens (tertiary/aromatic N) is 4. The van der Waals surface area contributed by atoms with Gasteiger partial charge in [0.2, 0.25) is 5.95 Å². The summed E-state index contributed by atoms with van der Waals surface area (Å²) in [5, 5.41) is 2.69. The highest BCUT2D eigenvalue weighted by Crippen LogP contribution is 2.37. The Morgan fingerprint density at radius 1 is 1.17 bits per heavy atom. The molecule has 0 bridgehead atoms. The second-order valence-electron chi connectivity index (χ2n) is 8.74. The maximum atomic E-state index is 13.5. The molecule has 1 atom stereocenters. The summed E-state index contributed by atoms with van der Waals surface area (Å²) in [4.78, 5) is 25.4. The highest BCUT2D eigenvalue weighted by atomic mass is 19.4. The lowest BCUT2D eigenvalue weighted by atomic mass is 10.0. The van der Waals surface area contributed by atoms with Gasteiger partial charge in [-0.3, -0.25) is 4.79 Å². The first-order valence-corrected chi connectivity index (χ1v) is 11.3. The molecule has 11 heteroatoms. The van der Waals surface area contributed by atoms with Crippen molar-refractivity contribution in [3.05, 3.63) is 59.9 Å². The summed E-state index contributed by atoms with van der Waals surface area (Å²) in [6, 6.07) is 8.40. The van der Waals surface area contributed by atoms with E-state index in [1.165, 1.54) is 25.6 Å². The molecule has 2 aromatic carbocycles. The highest BCUT2D eigenvalue weighted by molar-refractivity contribution is 6.08. The summed E-state index contributed by atoms with van der Waals surface area (Å²) < 4.78 is 45.9. The van der Waals surface area contributed by atoms with E-state index >= 15 is 0 Å². The second-order valence-corrected chi connectivity index (χ2v) is 8.74. The zero-order valence-corrected chi connectivity index (χ0v) is 20.1. The van der Waals surface area contributed by atoms with Gasteiger partial charge in [0, 0.05) is 37.6 Å². The number of hydrogen-bond donors (Lipinski definition) is 2. The third-order valence-electron chi connectivity index (χ3n) is 6.32. The minimum atomic E-state index is -4.56. The van der Waals surface area contributed by atoms with E-state index in [1.54, 1.807) is 18.2 Å². The van der Waals surface area contributed by atoms with Crippen molar-refractivity contribution >= 4 is 23.2 Å². The van der Waals surface area contributed by atoms with Crippen molar-refractivity contribution in [2.24, 2.45) is 0 Å². The van der Waals surface area contributed by atoms with E-state index in [0.717, 1.165) is 31.6 Å². The van der Waals surface area contributed by atoms with Crippen LogP contribution in [-0.2, 0) is 6.18 Å². The molecule has 0 saturated carbocycles. The zero-order chi connectivity index (χ0) is 26.0. The van der Waals surface area contributed by atoms with Gasteiger partial charge in [-0.2, -0.15) is 13.2 Å². The van der Waals surface area contributed by atoms with Gasteiger partial charge in [0.1, 0.15) is 5.75 Å². The monoisotopic (exact) mass is 500 g/mol. The third-order valence-corrected chi connectivity index (χ3v) is 6.32. The van der Waals surface area contributed by atoms with Crippen molar-refractivity contribution < 1.29 is 22.7 Å². The molecule has 1 fully saturated rings. The summed E-state index contributed by atoms with van der Waals surface area (Å²) in [5.41, 5.74) is 6.66. The van der Waals surface area contributed by atoms with Crippen molar-refractivity contribution in [2.75, 3.05) is 50.2 Å². The number of nitrogens with two attached hydrogens (primary N) is 1. The van der Waals surface area contributed by atoms with Crippen molar-refractivity contribution in [3.8, 4) is 16.9 Å². The number of rotatable bonds is 6. The fourth-order valence-corrected chi connectivity index (χ4v) is 4.29. The van der Waals surface area contributed by atoms with Gasteiger partial charge in [-0.1, -0.05) is 6.07 Å². The standard InChI is InChI=1S/C25H27F3N6O2/c1-33-9-8-18(14-33)34(2)21-6-5-17(25(26,27)28)11-20(21)32-23(35)19-10-15(4-7-22(19)36-3)16-12-30-24(29)31-13-16/h4-7,10-13,18H,8-9,14H2,1-3H3,(H,32,35)(H2,29,30,31)/t18-/m1/s1. The number of aromatic nitrogens is 2. The number of nitrogens with one attached hydrogen (secondary N) is 1. The first-order chi connectivity index (χ1) is 17.1. The summed E-state index contributed by atoms with van der Waals surface area (Å²) in [6.45, 7) is 1.65. The van der Waals surface area contributed by atoms with Crippen molar-refractivity contribution in [1.82, 2.24) is 14.9 Å². The molecule has 4 rings (SSSR count). The van der Waals surface area contributed by atoms with Gasteiger partial charge in [-0.15, -0.1) is 0 Å². The molecule has 0 radical (unpaired) electrons. The van der Waals surface area contributed by atoms with Gasteiger partial charge >= 0.3 is 6.18 Å². The van der Waals surface area contributed by atoms with E-state index in [2.05, 4.69) is 20.2 Å². The molecule has 3 aromatic rings. The normalized spacial score (nSPS) is 16.1. The Morgan fingerprint density at radius 2 is 1.89 bits per heavy atom. The van der Waals surface area contributed by atoms with Crippen LogP contribution in [-0.4, -0.2) is 61.1 Å². The largest absolute Gasteiger partial charge is 0.496 e. The second kappa shape index (κ2) is 10.0. The number of methoxy groups -OCH3 is 1. The number of amides is 1. The number of nitrogen functional groups attached to an aromatic ring is 1. The van der Waals surface area contributed by atoms with E-state index in [4.69, 9.17) is 10.5 Å². The maximum absolute atomic E-state index is 13.5. The van der Waals surface area contributed by atoms with Crippen LogP contribution in [0.25, 0.3) is 11.1 Å². The predicted molar refractivity (Wildman–Crippen MR) is 132 cm³/mol. The molecule has 1 aromatic heterocycles. The number of benzene rings is 2. The van der Waals surface area contributed by atoms with Crippen LogP contribution < -0.4 is 20.7 Å². The van der Waals surface area contributed by atoms with Crippen LogP contribution in [0.1, 0.15) is 22.3 Å². The minimum absolute atomic E-state index is 0.0650. The predicted octanol–water partition coefficient (Wildman–Crippen LogP) is 4.15. The van der Waals surface area contributed by atoms with Crippen molar-refractivity contribution in [2.45, 2.75) is 18.6 Å².